The van der Waals surface area contributed by atoms with E-state index >= 15 is 0 Å². The van der Waals surface area contributed by atoms with Gasteiger partial charge in [-0.3, -0.25) is 23.5 Å². The third-order valence-electron chi connectivity index (χ3n) is 3.98. The molecule has 3 rings (SSSR count). The number of rotatable bonds is 2. The number of aryl methyl sites for hydroxylation is 1. The maximum Gasteiger partial charge on any atom is 0.332 e. The zero-order chi connectivity index (χ0) is 16.2. The van der Waals surface area contributed by atoms with Crippen molar-refractivity contribution in [2.24, 2.45) is 14.1 Å². The van der Waals surface area contributed by atoms with Gasteiger partial charge in [-0.25, -0.2) is 9.59 Å². The fraction of sp³-hybridized carbons (Fsp3) is 0.583. The molecule has 3 heterocycles. The van der Waals surface area contributed by atoms with Gasteiger partial charge in [-0.05, 0) is 0 Å². The Kier molecular flexibility index (Phi) is 3.31. The number of aliphatic hydroxyl groups excluding tert-OH is 2. The predicted molar refractivity (Wildman–Crippen MR) is 74.7 cm³/mol. The van der Waals surface area contributed by atoms with Crippen molar-refractivity contribution in [3.05, 3.63) is 31.3 Å². The van der Waals surface area contributed by atoms with E-state index in [1.165, 1.54) is 14.1 Å². The lowest BCUT2D eigenvalue weighted by molar-refractivity contribution is -0.0443. The Morgan fingerprint density at radius 1 is 1.27 bits per heavy atom. The van der Waals surface area contributed by atoms with E-state index in [2.05, 4.69) is 4.98 Å². The van der Waals surface area contributed by atoms with Gasteiger partial charge in [-0.1, -0.05) is 0 Å². The third-order valence-corrected chi connectivity index (χ3v) is 3.98. The number of aliphatic hydroxyl groups is 2. The maximum absolute atomic E-state index is 12.2. The molecule has 10 nitrogen and oxygen atoms in total. The zero-order valence-electron chi connectivity index (χ0n) is 12.0. The standard InChI is InChI=1S/C12H16N4O6/c1-14-9-8(10(19)15(2)12(14)21)13-11(20)16(9)7-3-5(18)6(4-17)22-7/h5-7,17-18H,3-4H2,1-2H3,(H,13,20)/t5-,6+,7+/m0/s1. The molecule has 1 fully saturated rings. The lowest BCUT2D eigenvalue weighted by atomic mass is 10.2. The molecule has 0 aromatic carbocycles. The molecule has 1 aliphatic heterocycles. The molecule has 0 radical (unpaired) electrons. The number of imidazole rings is 1. The summed E-state index contributed by atoms with van der Waals surface area (Å²) in [6, 6.07) is 0. The summed E-state index contributed by atoms with van der Waals surface area (Å²) in [6.45, 7) is -0.393. The van der Waals surface area contributed by atoms with Crippen molar-refractivity contribution < 1.29 is 14.9 Å². The molecule has 2 aromatic rings. The van der Waals surface area contributed by atoms with E-state index in [4.69, 9.17) is 9.84 Å². The molecule has 0 unspecified atom stereocenters. The highest BCUT2D eigenvalue weighted by Crippen LogP contribution is 2.28. The monoisotopic (exact) mass is 312 g/mol. The van der Waals surface area contributed by atoms with Crippen LogP contribution in [0.2, 0.25) is 0 Å². The van der Waals surface area contributed by atoms with Crippen molar-refractivity contribution in [1.29, 1.82) is 0 Å². The maximum atomic E-state index is 12.2. The molecule has 3 N–H and O–H groups in total. The highest BCUT2D eigenvalue weighted by atomic mass is 16.5. The Hall–Kier alpha value is -2.17. The van der Waals surface area contributed by atoms with Crippen molar-refractivity contribution >= 4 is 11.2 Å². The molecule has 10 heteroatoms. The predicted octanol–water partition coefficient (Wildman–Crippen LogP) is -2.63. The first-order chi connectivity index (χ1) is 10.4. The van der Waals surface area contributed by atoms with Crippen LogP contribution in [0.3, 0.4) is 0 Å². The average molecular weight is 312 g/mol. The largest absolute Gasteiger partial charge is 0.394 e. The summed E-state index contributed by atoms with van der Waals surface area (Å²) in [7, 11) is 2.75. The Balaban J connectivity index is 2.28. The first-order valence-corrected chi connectivity index (χ1v) is 6.71. The molecule has 0 amide bonds. The molecule has 22 heavy (non-hydrogen) atoms. The number of ether oxygens (including phenoxy) is 1. The Labute approximate surface area is 122 Å². The van der Waals surface area contributed by atoms with Crippen LogP contribution in [0.25, 0.3) is 11.2 Å². The fourth-order valence-corrected chi connectivity index (χ4v) is 2.79. The fourth-order valence-electron chi connectivity index (χ4n) is 2.79. The van der Waals surface area contributed by atoms with Gasteiger partial charge in [0.1, 0.15) is 12.3 Å². The summed E-state index contributed by atoms with van der Waals surface area (Å²) >= 11 is 0. The second-order valence-electron chi connectivity index (χ2n) is 5.32. The van der Waals surface area contributed by atoms with Gasteiger partial charge in [0.2, 0.25) is 0 Å². The molecule has 1 saturated heterocycles. The van der Waals surface area contributed by atoms with Crippen LogP contribution in [0.1, 0.15) is 12.6 Å². The number of aromatic nitrogens is 4. The van der Waals surface area contributed by atoms with Crippen molar-refractivity contribution in [1.82, 2.24) is 18.7 Å². The van der Waals surface area contributed by atoms with E-state index in [0.717, 1.165) is 13.7 Å². The lowest BCUT2D eigenvalue weighted by Crippen LogP contribution is -2.37. The van der Waals surface area contributed by atoms with Crippen molar-refractivity contribution in [2.75, 3.05) is 6.61 Å². The van der Waals surface area contributed by atoms with Crippen LogP contribution in [0, 0.1) is 0 Å². The number of hydrogen-bond donors (Lipinski definition) is 3. The SMILES string of the molecule is Cn1c(=O)c2[nH]c(=O)n([C@H]3C[C@H](O)[C@@H](CO)O3)c2n(C)c1=O. The lowest BCUT2D eigenvalue weighted by Gasteiger charge is -2.14. The summed E-state index contributed by atoms with van der Waals surface area (Å²) in [5.41, 5.74) is -1.74. The quantitative estimate of drug-likeness (QED) is 0.556. The zero-order valence-corrected chi connectivity index (χ0v) is 12.0. The van der Waals surface area contributed by atoms with Gasteiger partial charge in [-0.2, -0.15) is 0 Å². The smallest absolute Gasteiger partial charge is 0.332 e. The van der Waals surface area contributed by atoms with Crippen LogP contribution < -0.4 is 16.9 Å². The van der Waals surface area contributed by atoms with Gasteiger partial charge >= 0.3 is 11.4 Å². The van der Waals surface area contributed by atoms with Gasteiger partial charge < -0.3 is 14.9 Å². The minimum Gasteiger partial charge on any atom is -0.394 e. The highest BCUT2D eigenvalue weighted by molar-refractivity contribution is 5.69. The van der Waals surface area contributed by atoms with E-state index in [-0.39, 0.29) is 17.6 Å². The van der Waals surface area contributed by atoms with Crippen molar-refractivity contribution in [2.45, 2.75) is 24.9 Å². The first kappa shape index (κ1) is 14.8. The van der Waals surface area contributed by atoms with E-state index in [9.17, 15) is 19.5 Å². The van der Waals surface area contributed by atoms with Crippen LogP contribution in [0.15, 0.2) is 14.4 Å². The summed E-state index contributed by atoms with van der Waals surface area (Å²) < 4.78 is 8.62. The average Bonchev–Trinajstić information content (AvgIpc) is 3.02. The Morgan fingerprint density at radius 2 is 1.95 bits per heavy atom. The number of H-pyrrole nitrogens is 1. The van der Waals surface area contributed by atoms with Crippen LogP contribution in [0.5, 0.6) is 0 Å². The van der Waals surface area contributed by atoms with E-state index < -0.39 is 42.0 Å². The molecule has 0 saturated carbocycles. The molecule has 2 aromatic heterocycles. The van der Waals surface area contributed by atoms with Gasteiger partial charge in [0.25, 0.3) is 5.56 Å². The van der Waals surface area contributed by atoms with Crippen LogP contribution in [0.4, 0.5) is 0 Å². The molecule has 0 aliphatic carbocycles. The van der Waals surface area contributed by atoms with E-state index in [0.29, 0.717) is 0 Å². The second kappa shape index (κ2) is 4.93. The number of hydrogen-bond acceptors (Lipinski definition) is 6. The molecular weight excluding hydrogens is 296 g/mol. The first-order valence-electron chi connectivity index (χ1n) is 6.71. The summed E-state index contributed by atoms with van der Waals surface area (Å²) in [5, 5.41) is 18.9. The normalized spacial score (nSPS) is 25.2. The van der Waals surface area contributed by atoms with Gasteiger partial charge in [0.05, 0.1) is 12.7 Å². The minimum absolute atomic E-state index is 0.0138. The number of nitrogens with one attached hydrogen (secondary N) is 1. The minimum atomic E-state index is -0.935. The molecule has 0 spiro atoms. The number of nitrogens with zero attached hydrogens (tertiary/aromatic N) is 3. The van der Waals surface area contributed by atoms with Gasteiger partial charge in [0.15, 0.2) is 11.2 Å². The Morgan fingerprint density at radius 3 is 2.55 bits per heavy atom. The molecular formula is C12H16N4O6. The van der Waals surface area contributed by atoms with E-state index in [1.807, 2.05) is 0 Å². The molecule has 0 bridgehead atoms. The van der Waals surface area contributed by atoms with Crippen LogP contribution in [-0.4, -0.2) is 47.7 Å². The van der Waals surface area contributed by atoms with E-state index in [1.54, 1.807) is 0 Å². The molecule has 3 atom stereocenters. The highest BCUT2D eigenvalue weighted by Gasteiger charge is 2.36. The third kappa shape index (κ3) is 1.88. The summed E-state index contributed by atoms with van der Waals surface area (Å²) in [6.07, 6.45) is -2.55. The Bertz CT molecular complexity index is 903. The molecule has 120 valence electrons. The molecule has 1 aliphatic rings. The van der Waals surface area contributed by atoms with Crippen LogP contribution >= 0.6 is 0 Å². The summed E-state index contributed by atoms with van der Waals surface area (Å²) in [4.78, 5) is 38.7. The van der Waals surface area contributed by atoms with Gasteiger partial charge in [0, 0.05) is 20.5 Å². The van der Waals surface area contributed by atoms with Crippen LogP contribution in [-0.2, 0) is 18.8 Å². The number of fused-ring (bicyclic) bond motifs is 1. The topological polar surface area (TPSA) is 131 Å². The van der Waals surface area contributed by atoms with Crippen molar-refractivity contribution in [3.63, 3.8) is 0 Å². The van der Waals surface area contributed by atoms with Gasteiger partial charge in [-0.15, -0.1) is 0 Å². The van der Waals surface area contributed by atoms with Crippen molar-refractivity contribution in [3.8, 4) is 0 Å². The summed E-state index contributed by atoms with van der Waals surface area (Å²) in [5.74, 6) is 0. The number of aromatic amines is 1. The second-order valence-corrected chi connectivity index (χ2v) is 5.32.